The molecular weight excluding hydrogens is 208 g/mol. The number of fused-ring (bicyclic) bond motifs is 2. The van der Waals surface area contributed by atoms with E-state index in [-0.39, 0.29) is 5.41 Å². The molecule has 2 fully saturated rings. The van der Waals surface area contributed by atoms with Crippen LogP contribution in [0.1, 0.15) is 25.0 Å². The van der Waals surface area contributed by atoms with E-state index >= 15 is 0 Å². The number of rotatable bonds is 3. The lowest BCUT2D eigenvalue weighted by Crippen LogP contribution is -2.41. The minimum atomic E-state index is 0.178. The van der Waals surface area contributed by atoms with Gasteiger partial charge in [0.2, 0.25) is 0 Å². The Hall–Kier alpha value is -0.450. The Morgan fingerprint density at radius 1 is 1.60 bits per heavy atom. The van der Waals surface area contributed by atoms with Crippen LogP contribution in [0.15, 0.2) is 10.9 Å². The maximum absolute atomic E-state index is 5.97. The zero-order valence-corrected chi connectivity index (χ0v) is 9.50. The highest BCUT2D eigenvalue weighted by Crippen LogP contribution is 2.48. The van der Waals surface area contributed by atoms with Crippen molar-refractivity contribution in [3.8, 4) is 0 Å². The largest absolute Gasteiger partial charge is 0.374 e. The Morgan fingerprint density at radius 2 is 2.53 bits per heavy atom. The molecule has 15 heavy (non-hydrogen) atoms. The molecule has 3 heterocycles. The summed E-state index contributed by atoms with van der Waals surface area (Å²) in [5.41, 5.74) is 9.22. The number of aromatic nitrogens is 1. The average Bonchev–Trinajstić information content (AvgIpc) is 2.93. The summed E-state index contributed by atoms with van der Waals surface area (Å²) in [5.74, 6) is 0. The van der Waals surface area contributed by atoms with Crippen molar-refractivity contribution in [3.05, 3.63) is 16.6 Å². The van der Waals surface area contributed by atoms with Crippen molar-refractivity contribution in [2.75, 3.05) is 6.54 Å². The molecule has 82 valence electrons. The van der Waals surface area contributed by atoms with Crippen molar-refractivity contribution in [1.82, 2.24) is 4.98 Å². The van der Waals surface area contributed by atoms with Gasteiger partial charge in [-0.3, -0.25) is 0 Å². The first-order chi connectivity index (χ1) is 7.32. The minimum absolute atomic E-state index is 0.178. The number of thiazole rings is 1. The summed E-state index contributed by atoms with van der Waals surface area (Å²) in [5, 5.41) is 2.13. The molecule has 1 aromatic heterocycles. The quantitative estimate of drug-likeness (QED) is 0.848. The Kier molecular flexibility index (Phi) is 2.30. The van der Waals surface area contributed by atoms with Crippen LogP contribution in [0.3, 0.4) is 0 Å². The molecular formula is C11H16N2OS. The van der Waals surface area contributed by atoms with Crippen molar-refractivity contribution in [2.45, 2.75) is 37.9 Å². The Balaban J connectivity index is 1.82. The van der Waals surface area contributed by atoms with Crippen LogP contribution in [-0.4, -0.2) is 23.7 Å². The third-order valence-corrected chi connectivity index (χ3v) is 4.48. The van der Waals surface area contributed by atoms with Crippen LogP contribution in [0.4, 0.5) is 0 Å². The molecule has 4 heteroatoms. The summed E-state index contributed by atoms with van der Waals surface area (Å²) >= 11 is 1.66. The number of ether oxygens (including phenoxy) is 1. The smallest absolute Gasteiger partial charge is 0.0794 e. The van der Waals surface area contributed by atoms with Crippen molar-refractivity contribution in [3.63, 3.8) is 0 Å². The lowest BCUT2D eigenvalue weighted by Gasteiger charge is -2.33. The van der Waals surface area contributed by atoms with E-state index in [9.17, 15) is 0 Å². The van der Waals surface area contributed by atoms with E-state index in [0.717, 1.165) is 19.4 Å². The van der Waals surface area contributed by atoms with Gasteiger partial charge in [0, 0.05) is 17.3 Å². The fourth-order valence-electron chi connectivity index (χ4n) is 3.05. The summed E-state index contributed by atoms with van der Waals surface area (Å²) in [6, 6.07) is 0. The van der Waals surface area contributed by atoms with Crippen LogP contribution in [0.25, 0.3) is 0 Å². The van der Waals surface area contributed by atoms with Crippen LogP contribution in [0, 0.1) is 5.41 Å². The van der Waals surface area contributed by atoms with Crippen LogP contribution in [-0.2, 0) is 11.2 Å². The topological polar surface area (TPSA) is 48.1 Å². The third-order valence-electron chi connectivity index (χ3n) is 3.85. The monoisotopic (exact) mass is 224 g/mol. The highest BCUT2D eigenvalue weighted by Gasteiger charge is 2.51. The van der Waals surface area contributed by atoms with Crippen molar-refractivity contribution < 1.29 is 4.74 Å². The van der Waals surface area contributed by atoms with Gasteiger partial charge in [-0.15, -0.1) is 11.3 Å². The van der Waals surface area contributed by atoms with Gasteiger partial charge in [-0.05, 0) is 25.7 Å². The highest BCUT2D eigenvalue weighted by atomic mass is 32.1. The molecule has 3 nitrogen and oxygen atoms in total. The van der Waals surface area contributed by atoms with Crippen molar-refractivity contribution in [1.29, 1.82) is 0 Å². The molecule has 0 spiro atoms. The molecule has 0 amide bonds. The van der Waals surface area contributed by atoms with Gasteiger partial charge in [-0.2, -0.15) is 0 Å². The Morgan fingerprint density at radius 3 is 3.07 bits per heavy atom. The number of nitrogens with zero attached hydrogens (tertiary/aromatic N) is 1. The fourth-order valence-corrected chi connectivity index (χ4v) is 3.61. The maximum Gasteiger partial charge on any atom is 0.0794 e. The zero-order valence-electron chi connectivity index (χ0n) is 8.69. The molecule has 2 bridgehead atoms. The summed E-state index contributed by atoms with van der Waals surface area (Å²) in [6.45, 7) is 0.728. The van der Waals surface area contributed by atoms with E-state index < -0.39 is 0 Å². The first-order valence-electron chi connectivity index (χ1n) is 5.55. The first-order valence-corrected chi connectivity index (χ1v) is 6.49. The van der Waals surface area contributed by atoms with E-state index in [0.29, 0.717) is 12.2 Å². The summed E-state index contributed by atoms with van der Waals surface area (Å²) in [4.78, 5) is 4.36. The van der Waals surface area contributed by atoms with Gasteiger partial charge in [0.05, 0.1) is 23.4 Å². The predicted octanol–water partition coefficient (Wildman–Crippen LogP) is 1.58. The van der Waals surface area contributed by atoms with Gasteiger partial charge < -0.3 is 10.5 Å². The summed E-state index contributed by atoms with van der Waals surface area (Å²) in [6.07, 6.45) is 5.39. The molecule has 0 radical (unpaired) electrons. The van der Waals surface area contributed by atoms with E-state index in [4.69, 9.17) is 10.5 Å². The minimum Gasteiger partial charge on any atom is -0.374 e. The lowest BCUT2D eigenvalue weighted by atomic mass is 9.71. The van der Waals surface area contributed by atoms with Crippen LogP contribution in [0.5, 0.6) is 0 Å². The summed E-state index contributed by atoms with van der Waals surface area (Å²) < 4.78 is 5.92. The summed E-state index contributed by atoms with van der Waals surface area (Å²) in [7, 11) is 0. The van der Waals surface area contributed by atoms with Gasteiger partial charge in [-0.1, -0.05) is 0 Å². The number of nitrogens with two attached hydrogens (primary N) is 1. The molecule has 0 aliphatic carbocycles. The van der Waals surface area contributed by atoms with E-state index in [1.165, 1.54) is 18.5 Å². The van der Waals surface area contributed by atoms with Crippen molar-refractivity contribution in [2.24, 2.45) is 11.1 Å². The second-order valence-corrected chi connectivity index (χ2v) is 5.47. The standard InChI is InChI=1S/C11H16N2OS/c12-6-11(3-8-5-15-7-13-8)4-9-1-2-10(11)14-9/h5,7,9-10H,1-4,6,12H2. The molecule has 3 rings (SSSR count). The molecule has 2 saturated heterocycles. The highest BCUT2D eigenvalue weighted by molar-refractivity contribution is 7.07. The van der Waals surface area contributed by atoms with Crippen LogP contribution >= 0.6 is 11.3 Å². The van der Waals surface area contributed by atoms with Crippen LogP contribution < -0.4 is 5.73 Å². The second-order valence-electron chi connectivity index (χ2n) is 4.75. The Bertz CT molecular complexity index is 340. The molecule has 1 aromatic rings. The zero-order chi connectivity index (χ0) is 10.3. The number of hydrogen-bond donors (Lipinski definition) is 1. The first kappa shape index (κ1) is 9.75. The molecule has 0 aromatic carbocycles. The van der Waals surface area contributed by atoms with Gasteiger partial charge in [0.15, 0.2) is 0 Å². The van der Waals surface area contributed by atoms with Crippen LogP contribution in [0.2, 0.25) is 0 Å². The third kappa shape index (κ3) is 1.51. The van der Waals surface area contributed by atoms with Gasteiger partial charge in [0.25, 0.3) is 0 Å². The van der Waals surface area contributed by atoms with Gasteiger partial charge >= 0.3 is 0 Å². The van der Waals surface area contributed by atoms with Gasteiger partial charge in [0.1, 0.15) is 0 Å². The van der Waals surface area contributed by atoms with E-state index in [1.54, 1.807) is 11.3 Å². The molecule has 2 aliphatic rings. The van der Waals surface area contributed by atoms with E-state index in [1.807, 2.05) is 5.51 Å². The van der Waals surface area contributed by atoms with Gasteiger partial charge in [-0.25, -0.2) is 4.98 Å². The molecule has 3 atom stereocenters. The molecule has 2 N–H and O–H groups in total. The average molecular weight is 224 g/mol. The maximum atomic E-state index is 5.97. The second kappa shape index (κ2) is 3.54. The normalized spacial score (nSPS) is 38.7. The molecule has 2 aliphatic heterocycles. The molecule has 0 saturated carbocycles. The molecule has 3 unspecified atom stereocenters. The fraction of sp³-hybridized carbons (Fsp3) is 0.727. The number of hydrogen-bond acceptors (Lipinski definition) is 4. The van der Waals surface area contributed by atoms with E-state index in [2.05, 4.69) is 10.4 Å². The SMILES string of the molecule is NCC1(Cc2cscn2)CC2CCC1O2. The van der Waals surface area contributed by atoms with Crippen molar-refractivity contribution >= 4 is 11.3 Å². The Labute approximate surface area is 93.7 Å². The lowest BCUT2D eigenvalue weighted by molar-refractivity contribution is 0.0633. The predicted molar refractivity (Wildman–Crippen MR) is 59.8 cm³/mol.